The Kier molecular flexibility index (Phi) is 3.82. The number of piperidine rings is 1. The fourth-order valence-corrected chi connectivity index (χ4v) is 2.85. The standard InChI is InChI=1S/C14H20N4O2/c1-10-8-20-14(19)18(10)13-7-12(16-9-17-13)6-11-2-4-15-5-3-11/h7,9-11,15H,2-6,8H2,1H3. The molecule has 0 aliphatic carbocycles. The van der Waals surface area contributed by atoms with Gasteiger partial charge in [0, 0.05) is 11.8 Å². The molecule has 1 aromatic heterocycles. The molecule has 3 rings (SSSR count). The second kappa shape index (κ2) is 5.75. The first-order valence-corrected chi connectivity index (χ1v) is 7.21. The fraction of sp³-hybridized carbons (Fsp3) is 0.643. The van der Waals surface area contributed by atoms with Crippen LogP contribution in [0.1, 0.15) is 25.5 Å². The van der Waals surface area contributed by atoms with E-state index in [2.05, 4.69) is 15.3 Å². The number of hydrogen-bond donors (Lipinski definition) is 1. The smallest absolute Gasteiger partial charge is 0.415 e. The SMILES string of the molecule is CC1COC(=O)N1c1cc(CC2CCNCC2)ncn1. The van der Waals surface area contributed by atoms with Crippen LogP contribution < -0.4 is 10.2 Å². The number of hydrogen-bond acceptors (Lipinski definition) is 5. The van der Waals surface area contributed by atoms with Gasteiger partial charge in [0.25, 0.3) is 0 Å². The maximum Gasteiger partial charge on any atom is 0.415 e. The van der Waals surface area contributed by atoms with Crippen molar-refractivity contribution in [2.75, 3.05) is 24.6 Å². The summed E-state index contributed by atoms with van der Waals surface area (Å²) >= 11 is 0. The highest BCUT2D eigenvalue weighted by molar-refractivity contribution is 5.88. The van der Waals surface area contributed by atoms with E-state index in [0.717, 1.165) is 25.2 Å². The van der Waals surface area contributed by atoms with Crippen molar-refractivity contribution in [2.24, 2.45) is 5.92 Å². The largest absolute Gasteiger partial charge is 0.447 e. The van der Waals surface area contributed by atoms with E-state index in [-0.39, 0.29) is 12.1 Å². The van der Waals surface area contributed by atoms with Crippen LogP contribution in [-0.4, -0.2) is 41.8 Å². The molecule has 1 amide bonds. The van der Waals surface area contributed by atoms with Crippen molar-refractivity contribution in [1.29, 1.82) is 0 Å². The van der Waals surface area contributed by atoms with Gasteiger partial charge in [-0.25, -0.2) is 14.8 Å². The van der Waals surface area contributed by atoms with Gasteiger partial charge in [-0.3, -0.25) is 4.90 Å². The average Bonchev–Trinajstić information content (AvgIpc) is 2.80. The highest BCUT2D eigenvalue weighted by Crippen LogP contribution is 2.23. The topological polar surface area (TPSA) is 67.3 Å². The Balaban J connectivity index is 1.73. The molecule has 1 atom stereocenters. The van der Waals surface area contributed by atoms with Crippen molar-refractivity contribution >= 4 is 11.9 Å². The minimum absolute atomic E-state index is 0.0316. The van der Waals surface area contributed by atoms with Crippen molar-refractivity contribution in [1.82, 2.24) is 15.3 Å². The van der Waals surface area contributed by atoms with Crippen molar-refractivity contribution in [3.8, 4) is 0 Å². The lowest BCUT2D eigenvalue weighted by atomic mass is 9.93. The van der Waals surface area contributed by atoms with E-state index in [9.17, 15) is 4.79 Å². The Bertz CT molecular complexity index is 488. The first-order valence-electron chi connectivity index (χ1n) is 7.21. The third-order valence-electron chi connectivity index (χ3n) is 4.00. The number of anilines is 1. The number of aromatic nitrogens is 2. The number of amides is 1. The van der Waals surface area contributed by atoms with Crippen LogP contribution in [0.15, 0.2) is 12.4 Å². The molecular weight excluding hydrogens is 256 g/mol. The Morgan fingerprint density at radius 3 is 2.90 bits per heavy atom. The molecular formula is C14H20N4O2. The normalized spacial score (nSPS) is 23.9. The highest BCUT2D eigenvalue weighted by atomic mass is 16.6. The number of carbonyl (C=O) groups excluding carboxylic acids is 1. The zero-order valence-corrected chi connectivity index (χ0v) is 11.7. The number of nitrogens with one attached hydrogen (secondary N) is 1. The molecule has 2 fully saturated rings. The monoisotopic (exact) mass is 276 g/mol. The summed E-state index contributed by atoms with van der Waals surface area (Å²) in [5, 5.41) is 3.37. The summed E-state index contributed by atoms with van der Waals surface area (Å²) in [6, 6.07) is 1.95. The van der Waals surface area contributed by atoms with E-state index in [1.54, 1.807) is 11.2 Å². The van der Waals surface area contributed by atoms with Gasteiger partial charge in [-0.1, -0.05) is 0 Å². The molecule has 2 aliphatic heterocycles. The van der Waals surface area contributed by atoms with Crippen molar-refractivity contribution < 1.29 is 9.53 Å². The lowest BCUT2D eigenvalue weighted by molar-refractivity contribution is 0.179. The molecule has 2 aliphatic rings. The van der Waals surface area contributed by atoms with Gasteiger partial charge in [0.1, 0.15) is 18.8 Å². The van der Waals surface area contributed by atoms with Gasteiger partial charge < -0.3 is 10.1 Å². The van der Waals surface area contributed by atoms with Gasteiger partial charge in [-0.05, 0) is 45.2 Å². The minimum Gasteiger partial charge on any atom is -0.447 e. The summed E-state index contributed by atoms with van der Waals surface area (Å²) in [5.74, 6) is 1.32. The number of carbonyl (C=O) groups is 1. The van der Waals surface area contributed by atoms with Crippen LogP contribution in [0.4, 0.5) is 10.6 Å². The third kappa shape index (κ3) is 2.75. The van der Waals surface area contributed by atoms with Gasteiger partial charge in [-0.2, -0.15) is 0 Å². The molecule has 1 N–H and O–H groups in total. The van der Waals surface area contributed by atoms with Crippen LogP contribution in [0.25, 0.3) is 0 Å². The van der Waals surface area contributed by atoms with Crippen molar-refractivity contribution in [3.05, 3.63) is 18.1 Å². The van der Waals surface area contributed by atoms with E-state index >= 15 is 0 Å². The highest BCUT2D eigenvalue weighted by Gasteiger charge is 2.32. The number of cyclic esters (lactones) is 1. The zero-order valence-electron chi connectivity index (χ0n) is 11.7. The molecule has 0 spiro atoms. The molecule has 6 heteroatoms. The summed E-state index contributed by atoms with van der Waals surface area (Å²) in [6.45, 7) is 4.54. The zero-order chi connectivity index (χ0) is 13.9. The second-order valence-corrected chi connectivity index (χ2v) is 5.56. The van der Waals surface area contributed by atoms with Crippen molar-refractivity contribution in [3.63, 3.8) is 0 Å². The van der Waals surface area contributed by atoms with Crippen LogP contribution in [0.5, 0.6) is 0 Å². The van der Waals surface area contributed by atoms with Crippen molar-refractivity contribution in [2.45, 2.75) is 32.2 Å². The van der Waals surface area contributed by atoms with E-state index < -0.39 is 0 Å². The quantitative estimate of drug-likeness (QED) is 0.903. The Hall–Kier alpha value is -1.69. The molecule has 1 aromatic rings. The molecule has 0 aromatic carbocycles. The molecule has 3 heterocycles. The average molecular weight is 276 g/mol. The maximum atomic E-state index is 11.7. The van der Waals surface area contributed by atoms with E-state index in [0.29, 0.717) is 18.3 Å². The van der Waals surface area contributed by atoms with Crippen LogP contribution >= 0.6 is 0 Å². The number of ether oxygens (including phenoxy) is 1. The van der Waals surface area contributed by atoms with Crippen LogP contribution in [0, 0.1) is 5.92 Å². The number of rotatable bonds is 3. The van der Waals surface area contributed by atoms with Crippen LogP contribution in [0.3, 0.4) is 0 Å². The molecule has 2 saturated heterocycles. The summed E-state index contributed by atoms with van der Waals surface area (Å²) in [6.07, 6.45) is 4.55. The minimum atomic E-state index is -0.316. The molecule has 1 unspecified atom stereocenters. The second-order valence-electron chi connectivity index (χ2n) is 5.56. The molecule has 108 valence electrons. The van der Waals surface area contributed by atoms with E-state index in [1.807, 2.05) is 13.0 Å². The van der Waals surface area contributed by atoms with Gasteiger partial charge >= 0.3 is 6.09 Å². The molecule has 0 saturated carbocycles. The number of nitrogens with zero attached hydrogens (tertiary/aromatic N) is 3. The van der Waals surface area contributed by atoms with E-state index in [4.69, 9.17) is 4.74 Å². The van der Waals surface area contributed by atoms with Gasteiger partial charge in [0.05, 0.1) is 6.04 Å². The lowest BCUT2D eigenvalue weighted by Gasteiger charge is -2.22. The predicted octanol–water partition coefficient (Wildman–Crippen LogP) is 1.36. The maximum absolute atomic E-state index is 11.7. The molecule has 20 heavy (non-hydrogen) atoms. The van der Waals surface area contributed by atoms with Gasteiger partial charge in [0.15, 0.2) is 0 Å². The van der Waals surface area contributed by atoms with Crippen LogP contribution in [0.2, 0.25) is 0 Å². The Labute approximate surface area is 118 Å². The first-order chi connectivity index (χ1) is 9.74. The van der Waals surface area contributed by atoms with Gasteiger partial charge in [-0.15, -0.1) is 0 Å². The first kappa shape index (κ1) is 13.3. The Morgan fingerprint density at radius 2 is 2.20 bits per heavy atom. The fourth-order valence-electron chi connectivity index (χ4n) is 2.85. The predicted molar refractivity (Wildman–Crippen MR) is 74.6 cm³/mol. The third-order valence-corrected chi connectivity index (χ3v) is 4.00. The van der Waals surface area contributed by atoms with Crippen LogP contribution in [-0.2, 0) is 11.2 Å². The summed E-state index contributed by atoms with van der Waals surface area (Å²) in [4.78, 5) is 21.9. The summed E-state index contributed by atoms with van der Waals surface area (Å²) < 4.78 is 5.04. The molecule has 6 nitrogen and oxygen atoms in total. The van der Waals surface area contributed by atoms with E-state index in [1.165, 1.54) is 12.8 Å². The summed E-state index contributed by atoms with van der Waals surface area (Å²) in [7, 11) is 0. The van der Waals surface area contributed by atoms with Gasteiger partial charge in [0.2, 0.25) is 0 Å². The Morgan fingerprint density at radius 1 is 1.40 bits per heavy atom. The molecule has 0 bridgehead atoms. The summed E-state index contributed by atoms with van der Waals surface area (Å²) in [5.41, 5.74) is 1.01. The molecule has 0 radical (unpaired) electrons. The lowest BCUT2D eigenvalue weighted by Crippen LogP contribution is -2.32.